The highest BCUT2D eigenvalue weighted by Gasteiger charge is 2.41. The number of alkyl carbamates (subject to hydrolysis) is 2. The number of hydrogen-bond donors (Lipinski definition) is 2. The lowest BCUT2D eigenvalue weighted by Gasteiger charge is -2.36. The molecular weight excluding hydrogens is 408 g/mol. The number of carbonyl (C=O) groups is 4. The molecule has 0 aromatic rings. The third-order valence-corrected chi connectivity index (χ3v) is 5.96. The van der Waals surface area contributed by atoms with Crippen molar-refractivity contribution in [2.45, 2.75) is 64.1 Å². The third kappa shape index (κ3) is 7.46. The van der Waals surface area contributed by atoms with E-state index in [-0.39, 0.29) is 23.9 Å². The van der Waals surface area contributed by atoms with Crippen LogP contribution >= 0.6 is 0 Å². The zero-order valence-electron chi connectivity index (χ0n) is 19.3. The van der Waals surface area contributed by atoms with E-state index in [9.17, 15) is 19.2 Å². The van der Waals surface area contributed by atoms with E-state index in [1.807, 2.05) is 0 Å². The van der Waals surface area contributed by atoms with Crippen LogP contribution in [-0.2, 0) is 28.5 Å². The molecule has 0 aromatic carbocycles. The van der Waals surface area contributed by atoms with Crippen molar-refractivity contribution in [2.24, 2.45) is 11.8 Å². The number of nitrogens with one attached hydrogen (secondary N) is 2. The van der Waals surface area contributed by atoms with Gasteiger partial charge >= 0.3 is 12.2 Å². The molecule has 0 bridgehead atoms. The van der Waals surface area contributed by atoms with E-state index in [2.05, 4.69) is 20.1 Å². The Kier molecular flexibility index (Phi) is 10.9. The first-order valence-corrected chi connectivity index (χ1v) is 10.5. The Morgan fingerprint density at radius 1 is 1.10 bits per heavy atom. The third-order valence-electron chi connectivity index (χ3n) is 5.96. The van der Waals surface area contributed by atoms with Crippen molar-refractivity contribution < 1.29 is 38.1 Å². The molecule has 2 amide bonds. The minimum Gasteiger partial charge on any atom is -0.453 e. The Morgan fingerprint density at radius 3 is 2.19 bits per heavy atom. The monoisotopic (exact) mass is 444 g/mol. The summed E-state index contributed by atoms with van der Waals surface area (Å²) < 4.78 is 20.3. The second-order valence-corrected chi connectivity index (χ2v) is 7.98. The lowest BCUT2D eigenvalue weighted by molar-refractivity contribution is -0.130. The molecule has 5 atom stereocenters. The van der Waals surface area contributed by atoms with Gasteiger partial charge in [0, 0.05) is 32.0 Å². The fourth-order valence-corrected chi connectivity index (χ4v) is 3.69. The summed E-state index contributed by atoms with van der Waals surface area (Å²) in [5.41, 5.74) is -1.04. The zero-order valence-corrected chi connectivity index (χ0v) is 19.3. The number of methoxy groups -OCH3 is 3. The molecule has 1 aliphatic heterocycles. The van der Waals surface area contributed by atoms with Gasteiger partial charge in [0.25, 0.3) is 0 Å². The van der Waals surface area contributed by atoms with E-state index in [0.29, 0.717) is 32.5 Å². The van der Waals surface area contributed by atoms with Gasteiger partial charge in [0.05, 0.1) is 32.5 Å². The molecule has 10 nitrogen and oxygen atoms in total. The van der Waals surface area contributed by atoms with Crippen molar-refractivity contribution in [3.05, 3.63) is 0 Å². The van der Waals surface area contributed by atoms with Crippen molar-refractivity contribution in [1.29, 1.82) is 0 Å². The van der Waals surface area contributed by atoms with Crippen molar-refractivity contribution in [1.82, 2.24) is 10.6 Å². The Bertz CT molecular complexity index is 635. The van der Waals surface area contributed by atoms with Crippen LogP contribution in [0.2, 0.25) is 0 Å². The van der Waals surface area contributed by atoms with Crippen molar-refractivity contribution in [3.8, 4) is 0 Å². The van der Waals surface area contributed by atoms with Crippen LogP contribution in [-0.4, -0.2) is 76.0 Å². The SMILES string of the molecule is CCC(=O)C(NC(=O)OC)C(C)(CCC(C)C(=O)C(NC(=O)OC)C1CCOC1)OC. The lowest BCUT2D eigenvalue weighted by atomic mass is 9.81. The fourth-order valence-electron chi connectivity index (χ4n) is 3.69. The number of carbonyl (C=O) groups excluding carboxylic acids is 4. The summed E-state index contributed by atoms with van der Waals surface area (Å²) in [6.45, 7) is 6.10. The molecule has 10 heteroatoms. The molecule has 1 aliphatic rings. The van der Waals surface area contributed by atoms with Crippen LogP contribution in [0.5, 0.6) is 0 Å². The van der Waals surface area contributed by atoms with Crippen LogP contribution in [0.1, 0.15) is 46.5 Å². The van der Waals surface area contributed by atoms with Crippen molar-refractivity contribution >= 4 is 23.8 Å². The number of ether oxygens (including phenoxy) is 4. The zero-order chi connectivity index (χ0) is 23.6. The van der Waals surface area contributed by atoms with Crippen LogP contribution < -0.4 is 10.6 Å². The molecule has 1 heterocycles. The first-order chi connectivity index (χ1) is 14.6. The highest BCUT2D eigenvalue weighted by atomic mass is 16.5. The van der Waals surface area contributed by atoms with Gasteiger partial charge in [-0.05, 0) is 26.2 Å². The van der Waals surface area contributed by atoms with E-state index in [1.165, 1.54) is 21.3 Å². The van der Waals surface area contributed by atoms with Gasteiger partial charge in [-0.2, -0.15) is 0 Å². The summed E-state index contributed by atoms with van der Waals surface area (Å²) in [5, 5.41) is 5.19. The van der Waals surface area contributed by atoms with E-state index >= 15 is 0 Å². The molecule has 0 radical (unpaired) electrons. The minimum absolute atomic E-state index is 0.127. The summed E-state index contributed by atoms with van der Waals surface area (Å²) in [7, 11) is 3.92. The maximum atomic E-state index is 13.1. The first kappa shape index (κ1) is 26.8. The van der Waals surface area contributed by atoms with Crippen LogP contribution in [0.3, 0.4) is 0 Å². The highest BCUT2D eigenvalue weighted by molar-refractivity contribution is 5.90. The van der Waals surface area contributed by atoms with Gasteiger partial charge in [0.1, 0.15) is 6.04 Å². The van der Waals surface area contributed by atoms with Gasteiger partial charge in [-0.15, -0.1) is 0 Å². The predicted molar refractivity (Wildman–Crippen MR) is 112 cm³/mol. The lowest BCUT2D eigenvalue weighted by Crippen LogP contribution is -2.56. The molecule has 1 saturated heterocycles. The van der Waals surface area contributed by atoms with Crippen LogP contribution in [0.4, 0.5) is 9.59 Å². The smallest absolute Gasteiger partial charge is 0.407 e. The number of hydrogen-bond acceptors (Lipinski definition) is 8. The quantitative estimate of drug-likeness (QED) is 0.466. The standard InChI is InChI=1S/C21H36N2O8/c1-7-15(24)18(23-20(27)29-5)21(3,30-6)10-8-13(2)17(25)16(22-19(26)28-4)14-9-11-31-12-14/h13-14,16,18H,7-12H2,1-6H3,(H,22,26)(H,23,27). The van der Waals surface area contributed by atoms with Gasteiger partial charge in [-0.1, -0.05) is 13.8 Å². The topological polar surface area (TPSA) is 129 Å². The van der Waals surface area contributed by atoms with Crippen LogP contribution in [0.15, 0.2) is 0 Å². The average molecular weight is 445 g/mol. The molecule has 0 saturated carbocycles. The van der Waals surface area contributed by atoms with E-state index in [0.717, 1.165) is 0 Å². The summed E-state index contributed by atoms with van der Waals surface area (Å²) in [6, 6.07) is -1.65. The van der Waals surface area contributed by atoms with Crippen LogP contribution in [0, 0.1) is 11.8 Å². The maximum Gasteiger partial charge on any atom is 0.407 e. The number of Topliss-reactive ketones (excluding diaryl/α,β-unsaturated/α-hetero) is 2. The van der Waals surface area contributed by atoms with Gasteiger partial charge in [-0.25, -0.2) is 9.59 Å². The summed E-state index contributed by atoms with van der Waals surface area (Å²) in [6.07, 6.45) is 0.168. The molecule has 0 aliphatic carbocycles. The Labute approximate surface area is 183 Å². The molecular formula is C21H36N2O8. The van der Waals surface area contributed by atoms with Gasteiger partial charge in [0.15, 0.2) is 11.6 Å². The van der Waals surface area contributed by atoms with Crippen molar-refractivity contribution in [2.75, 3.05) is 34.5 Å². The molecule has 31 heavy (non-hydrogen) atoms. The first-order valence-electron chi connectivity index (χ1n) is 10.5. The summed E-state index contributed by atoms with van der Waals surface area (Å²) in [4.78, 5) is 49.2. The highest BCUT2D eigenvalue weighted by Crippen LogP contribution is 2.28. The molecule has 1 fully saturated rings. The Hall–Kier alpha value is -2.20. The summed E-state index contributed by atoms with van der Waals surface area (Å²) in [5.74, 6) is -0.910. The maximum absolute atomic E-state index is 13.1. The molecule has 0 aromatic heterocycles. The summed E-state index contributed by atoms with van der Waals surface area (Å²) >= 11 is 0. The Morgan fingerprint density at radius 2 is 1.71 bits per heavy atom. The number of rotatable bonds is 12. The molecule has 5 unspecified atom stereocenters. The molecule has 0 spiro atoms. The predicted octanol–water partition coefficient (Wildman–Crippen LogP) is 1.84. The van der Waals surface area contributed by atoms with E-state index in [1.54, 1.807) is 20.8 Å². The molecule has 2 N–H and O–H groups in total. The normalized spacial score (nSPS) is 20.6. The number of amides is 2. The fraction of sp³-hybridized carbons (Fsp3) is 0.810. The largest absolute Gasteiger partial charge is 0.453 e. The second-order valence-electron chi connectivity index (χ2n) is 7.98. The molecule has 1 rings (SSSR count). The van der Waals surface area contributed by atoms with E-state index in [4.69, 9.17) is 9.47 Å². The Balaban J connectivity index is 2.93. The van der Waals surface area contributed by atoms with Gasteiger partial charge in [0.2, 0.25) is 0 Å². The minimum atomic E-state index is -1.04. The number of ketones is 2. The van der Waals surface area contributed by atoms with Gasteiger partial charge < -0.3 is 29.6 Å². The van der Waals surface area contributed by atoms with Gasteiger partial charge in [-0.3, -0.25) is 9.59 Å². The average Bonchev–Trinajstić information content (AvgIpc) is 3.32. The molecule has 178 valence electrons. The van der Waals surface area contributed by atoms with Crippen LogP contribution in [0.25, 0.3) is 0 Å². The van der Waals surface area contributed by atoms with Crippen molar-refractivity contribution in [3.63, 3.8) is 0 Å². The second kappa shape index (κ2) is 12.6. The van der Waals surface area contributed by atoms with E-state index < -0.39 is 35.8 Å².